The summed E-state index contributed by atoms with van der Waals surface area (Å²) in [6.45, 7) is 3.48. The zero-order valence-electron chi connectivity index (χ0n) is 20.0. The second-order valence-electron chi connectivity index (χ2n) is 9.36. The van der Waals surface area contributed by atoms with Crippen molar-refractivity contribution in [2.75, 3.05) is 39.3 Å². The SMILES string of the molecule is O=C([C@H]1CCCN(S(=O)(=O)c2cccs2)C1)N1CCN([C@@H](c2ccccc2)c2ccc(Cl)cc2)CC1. The number of piperazine rings is 1. The Kier molecular flexibility index (Phi) is 7.79. The van der Waals surface area contributed by atoms with Gasteiger partial charge in [-0.1, -0.05) is 60.1 Å². The summed E-state index contributed by atoms with van der Waals surface area (Å²) in [4.78, 5) is 17.8. The number of benzene rings is 2. The molecule has 0 aliphatic carbocycles. The van der Waals surface area contributed by atoms with E-state index in [9.17, 15) is 13.2 Å². The monoisotopic (exact) mass is 543 g/mol. The number of halogens is 1. The van der Waals surface area contributed by atoms with Crippen LogP contribution >= 0.6 is 22.9 Å². The van der Waals surface area contributed by atoms with Gasteiger partial charge in [0, 0.05) is 44.3 Å². The second-order valence-corrected chi connectivity index (χ2v) is 12.9. The molecule has 36 heavy (non-hydrogen) atoms. The van der Waals surface area contributed by atoms with Crippen molar-refractivity contribution in [1.82, 2.24) is 14.1 Å². The van der Waals surface area contributed by atoms with Crippen molar-refractivity contribution in [3.05, 3.63) is 88.3 Å². The summed E-state index contributed by atoms with van der Waals surface area (Å²) < 4.78 is 27.8. The lowest BCUT2D eigenvalue weighted by Gasteiger charge is -2.41. The first-order valence-corrected chi connectivity index (χ1v) is 15.0. The van der Waals surface area contributed by atoms with Gasteiger partial charge in [-0.05, 0) is 47.5 Å². The average molecular weight is 544 g/mol. The highest BCUT2D eigenvalue weighted by Gasteiger charge is 2.37. The van der Waals surface area contributed by atoms with Gasteiger partial charge in [-0.2, -0.15) is 4.31 Å². The Morgan fingerprint density at radius 3 is 2.25 bits per heavy atom. The van der Waals surface area contributed by atoms with Gasteiger partial charge < -0.3 is 4.90 Å². The van der Waals surface area contributed by atoms with Crippen LogP contribution in [-0.2, 0) is 14.8 Å². The van der Waals surface area contributed by atoms with Gasteiger partial charge in [0.05, 0.1) is 12.0 Å². The highest BCUT2D eigenvalue weighted by molar-refractivity contribution is 7.91. The van der Waals surface area contributed by atoms with Crippen molar-refractivity contribution in [1.29, 1.82) is 0 Å². The molecule has 5 rings (SSSR count). The van der Waals surface area contributed by atoms with Gasteiger partial charge in [-0.25, -0.2) is 8.42 Å². The molecule has 3 heterocycles. The molecule has 1 aromatic heterocycles. The third-order valence-corrected chi connectivity index (χ3v) is 10.6. The van der Waals surface area contributed by atoms with E-state index in [0.717, 1.165) is 19.5 Å². The Bertz CT molecular complexity index is 1260. The number of carbonyl (C=O) groups excluding carboxylic acids is 1. The summed E-state index contributed by atoms with van der Waals surface area (Å²) in [5.41, 5.74) is 2.38. The Labute approximate surface area is 222 Å². The van der Waals surface area contributed by atoms with Crippen LogP contribution in [0.15, 0.2) is 76.3 Å². The first kappa shape index (κ1) is 25.4. The lowest BCUT2D eigenvalue weighted by Crippen LogP contribution is -2.53. The molecule has 0 saturated carbocycles. The molecule has 2 aromatic carbocycles. The van der Waals surface area contributed by atoms with Crippen molar-refractivity contribution in [3.63, 3.8) is 0 Å². The summed E-state index contributed by atoms with van der Waals surface area (Å²) in [5.74, 6) is -0.218. The van der Waals surface area contributed by atoms with Crippen LogP contribution < -0.4 is 0 Å². The van der Waals surface area contributed by atoms with Crippen LogP contribution in [0.5, 0.6) is 0 Å². The summed E-state index contributed by atoms with van der Waals surface area (Å²) in [6.07, 6.45) is 1.43. The molecule has 6 nitrogen and oxygen atoms in total. The van der Waals surface area contributed by atoms with E-state index in [1.165, 1.54) is 26.8 Å². The van der Waals surface area contributed by atoms with Crippen molar-refractivity contribution in [2.45, 2.75) is 23.1 Å². The van der Waals surface area contributed by atoms with E-state index in [0.29, 0.717) is 35.3 Å². The highest BCUT2D eigenvalue weighted by Crippen LogP contribution is 2.32. The second kappa shape index (κ2) is 11.0. The number of rotatable bonds is 6. The molecular formula is C27H30ClN3O3S2. The zero-order valence-corrected chi connectivity index (χ0v) is 22.4. The van der Waals surface area contributed by atoms with Gasteiger partial charge in [0.2, 0.25) is 5.91 Å². The molecule has 2 aliphatic heterocycles. The first-order chi connectivity index (χ1) is 17.4. The predicted octanol–water partition coefficient (Wildman–Crippen LogP) is 4.74. The van der Waals surface area contributed by atoms with E-state index in [4.69, 9.17) is 11.6 Å². The fraction of sp³-hybridized carbons (Fsp3) is 0.370. The molecule has 0 unspecified atom stereocenters. The Hall–Kier alpha value is -2.23. The van der Waals surface area contributed by atoms with Gasteiger partial charge >= 0.3 is 0 Å². The summed E-state index contributed by atoms with van der Waals surface area (Å²) in [5, 5.41) is 2.48. The normalized spacial score (nSPS) is 20.8. The fourth-order valence-electron chi connectivity index (χ4n) is 5.25. The number of piperidine rings is 1. The molecule has 2 fully saturated rings. The average Bonchev–Trinajstić information content (AvgIpc) is 3.47. The van der Waals surface area contributed by atoms with Crippen LogP contribution in [0, 0.1) is 5.92 Å². The molecule has 0 spiro atoms. The van der Waals surface area contributed by atoms with Gasteiger partial charge in [0.25, 0.3) is 10.0 Å². The van der Waals surface area contributed by atoms with E-state index >= 15 is 0 Å². The molecule has 2 saturated heterocycles. The topological polar surface area (TPSA) is 60.9 Å². The van der Waals surface area contributed by atoms with Crippen molar-refractivity contribution in [3.8, 4) is 0 Å². The maximum atomic E-state index is 13.4. The number of amides is 1. The molecule has 0 radical (unpaired) electrons. The Morgan fingerprint density at radius 2 is 1.58 bits per heavy atom. The van der Waals surface area contributed by atoms with Crippen molar-refractivity contribution >= 4 is 38.9 Å². The molecule has 0 bridgehead atoms. The van der Waals surface area contributed by atoms with Gasteiger partial charge in [0.1, 0.15) is 4.21 Å². The quantitative estimate of drug-likeness (QED) is 0.451. The lowest BCUT2D eigenvalue weighted by molar-refractivity contribution is -0.138. The molecule has 0 N–H and O–H groups in total. The summed E-state index contributed by atoms with van der Waals surface area (Å²) >= 11 is 7.37. The number of hydrogen-bond acceptors (Lipinski definition) is 5. The maximum absolute atomic E-state index is 13.4. The van der Waals surface area contributed by atoms with Crippen LogP contribution in [0.1, 0.15) is 30.0 Å². The predicted molar refractivity (Wildman–Crippen MR) is 144 cm³/mol. The molecular weight excluding hydrogens is 514 g/mol. The fourth-order valence-corrected chi connectivity index (χ4v) is 8.05. The number of thiophene rings is 1. The minimum absolute atomic E-state index is 0.0727. The molecule has 190 valence electrons. The van der Waals surface area contributed by atoms with Gasteiger partial charge in [-0.15, -0.1) is 11.3 Å². The van der Waals surface area contributed by atoms with E-state index in [2.05, 4.69) is 41.3 Å². The maximum Gasteiger partial charge on any atom is 0.252 e. The van der Waals surface area contributed by atoms with Crippen molar-refractivity contribution < 1.29 is 13.2 Å². The van der Waals surface area contributed by atoms with E-state index in [1.54, 1.807) is 17.5 Å². The smallest absolute Gasteiger partial charge is 0.252 e. The van der Waals surface area contributed by atoms with E-state index < -0.39 is 10.0 Å². The summed E-state index contributed by atoms with van der Waals surface area (Å²) in [6, 6.07) is 21.9. The highest BCUT2D eigenvalue weighted by atomic mass is 35.5. The van der Waals surface area contributed by atoms with Gasteiger partial charge in [0.15, 0.2) is 0 Å². The number of carbonyl (C=O) groups is 1. The Balaban J connectivity index is 1.26. The zero-order chi connectivity index (χ0) is 25.1. The third-order valence-electron chi connectivity index (χ3n) is 7.11. The van der Waals surface area contributed by atoms with Crippen LogP contribution in [0.25, 0.3) is 0 Å². The largest absolute Gasteiger partial charge is 0.340 e. The number of sulfonamides is 1. The first-order valence-electron chi connectivity index (χ1n) is 12.3. The summed E-state index contributed by atoms with van der Waals surface area (Å²) in [7, 11) is -3.54. The molecule has 3 aromatic rings. The van der Waals surface area contributed by atoms with E-state index in [-0.39, 0.29) is 24.4 Å². The van der Waals surface area contributed by atoms with E-state index in [1.807, 2.05) is 23.1 Å². The minimum atomic E-state index is -3.54. The minimum Gasteiger partial charge on any atom is -0.340 e. The number of hydrogen-bond donors (Lipinski definition) is 0. The van der Waals surface area contributed by atoms with Crippen LogP contribution in [0.2, 0.25) is 5.02 Å². The van der Waals surface area contributed by atoms with Crippen LogP contribution in [0.4, 0.5) is 0 Å². The third kappa shape index (κ3) is 5.38. The van der Waals surface area contributed by atoms with Crippen molar-refractivity contribution in [2.24, 2.45) is 5.92 Å². The lowest BCUT2D eigenvalue weighted by atomic mass is 9.95. The van der Waals surface area contributed by atoms with Crippen LogP contribution in [0.3, 0.4) is 0 Å². The molecule has 9 heteroatoms. The standard InChI is InChI=1S/C27H30ClN3O3S2/c28-24-12-10-22(11-13-24)26(21-6-2-1-3-7-21)29-15-17-30(18-16-29)27(32)23-8-4-14-31(20-23)36(33,34)25-9-5-19-35-25/h1-3,5-7,9-13,19,23,26H,4,8,14-18,20H2/t23-,26-/m0/s1. The van der Waals surface area contributed by atoms with Gasteiger partial charge in [-0.3, -0.25) is 9.69 Å². The molecule has 1 amide bonds. The van der Waals surface area contributed by atoms with Crippen LogP contribution in [-0.4, -0.2) is 67.7 Å². The molecule has 2 aliphatic rings. The number of nitrogens with zero attached hydrogens (tertiary/aromatic N) is 3. The molecule has 2 atom stereocenters. The Morgan fingerprint density at radius 1 is 0.889 bits per heavy atom.